The number of anilines is 2. The molecule has 2 saturated carbocycles. The van der Waals surface area contributed by atoms with Gasteiger partial charge in [0, 0.05) is 41.5 Å². The van der Waals surface area contributed by atoms with Gasteiger partial charge in [0.2, 0.25) is 5.95 Å². The van der Waals surface area contributed by atoms with E-state index in [1.807, 2.05) is 18.3 Å². The van der Waals surface area contributed by atoms with Crippen molar-refractivity contribution in [3.63, 3.8) is 0 Å². The summed E-state index contributed by atoms with van der Waals surface area (Å²) in [5, 5.41) is 16.5. The lowest BCUT2D eigenvalue weighted by atomic mass is 9.64. The van der Waals surface area contributed by atoms with Gasteiger partial charge in [-0.15, -0.1) is 0 Å². The topological polar surface area (TPSA) is 100 Å². The molecule has 2 N–H and O–H groups in total. The predicted octanol–water partition coefficient (Wildman–Crippen LogP) is 3.73. The molecule has 8 nitrogen and oxygen atoms in total. The fourth-order valence-corrected chi connectivity index (χ4v) is 5.58. The van der Waals surface area contributed by atoms with Gasteiger partial charge in [0.05, 0.1) is 19.4 Å². The van der Waals surface area contributed by atoms with Crippen molar-refractivity contribution >= 4 is 17.4 Å². The van der Waals surface area contributed by atoms with E-state index in [0.29, 0.717) is 40.7 Å². The van der Waals surface area contributed by atoms with Crippen molar-refractivity contribution in [1.29, 1.82) is 5.26 Å². The van der Waals surface area contributed by atoms with E-state index < -0.39 is 0 Å². The highest BCUT2D eigenvalue weighted by Crippen LogP contribution is 2.48. The summed E-state index contributed by atoms with van der Waals surface area (Å²) in [5.74, 6) is 1.68. The van der Waals surface area contributed by atoms with Crippen molar-refractivity contribution in [3.05, 3.63) is 48.0 Å². The summed E-state index contributed by atoms with van der Waals surface area (Å²) in [6.45, 7) is 1.73. The summed E-state index contributed by atoms with van der Waals surface area (Å²) in [5.41, 5.74) is 3.13. The number of hydrogen-bond acceptors (Lipinski definition) is 7. The highest BCUT2D eigenvalue weighted by Gasteiger charge is 2.50. The second kappa shape index (κ2) is 7.75. The third-order valence-corrected chi connectivity index (χ3v) is 7.30. The smallest absolute Gasteiger partial charge is 0.224 e. The zero-order chi connectivity index (χ0) is 21.5. The van der Waals surface area contributed by atoms with Gasteiger partial charge in [-0.3, -0.25) is 0 Å². The first kappa shape index (κ1) is 19.5. The van der Waals surface area contributed by atoms with Gasteiger partial charge in [-0.2, -0.15) is 10.2 Å². The minimum atomic E-state index is 0.294. The Bertz CT molecular complexity index is 1170. The molecule has 2 aliphatic carbocycles. The Morgan fingerprint density at radius 1 is 1.09 bits per heavy atom. The van der Waals surface area contributed by atoms with Gasteiger partial charge in [-0.1, -0.05) is 12.5 Å². The first-order valence-corrected chi connectivity index (χ1v) is 11.5. The van der Waals surface area contributed by atoms with Crippen molar-refractivity contribution in [1.82, 2.24) is 19.4 Å². The minimum absolute atomic E-state index is 0.294. The molecule has 3 aromatic rings. The van der Waals surface area contributed by atoms with Gasteiger partial charge in [0.15, 0.2) is 0 Å². The monoisotopic (exact) mass is 429 g/mol. The maximum Gasteiger partial charge on any atom is 0.224 e. The van der Waals surface area contributed by atoms with Gasteiger partial charge in [0.1, 0.15) is 23.1 Å². The van der Waals surface area contributed by atoms with Crippen molar-refractivity contribution in [3.8, 4) is 6.07 Å². The lowest BCUT2D eigenvalue weighted by Gasteiger charge is -2.53. The standard InChI is InChI=1S/C24H27N7O/c25-11-17-12-27-23(30-22(17)28-19-9-24(10-19)14-32-15-24)29-18-5-3-4-16(8-18)20-13-26-21-6-1-2-7-31(20)21/h1-2,6-7,12-13,16,18-19H,3-5,8-10,14-15H2,(H2,27,28,29,30)/t16-,18+/m0/s1. The van der Waals surface area contributed by atoms with E-state index in [-0.39, 0.29) is 0 Å². The van der Waals surface area contributed by atoms with E-state index >= 15 is 0 Å². The number of fused-ring (bicyclic) bond motifs is 1. The number of nitrogens with one attached hydrogen (secondary N) is 2. The second-order valence-corrected chi connectivity index (χ2v) is 9.63. The van der Waals surface area contributed by atoms with Gasteiger partial charge < -0.3 is 19.8 Å². The molecule has 164 valence electrons. The number of imidazole rings is 1. The van der Waals surface area contributed by atoms with Crippen molar-refractivity contribution in [2.75, 3.05) is 23.8 Å². The first-order chi connectivity index (χ1) is 15.7. The van der Waals surface area contributed by atoms with Crippen LogP contribution in [0.3, 0.4) is 0 Å². The molecule has 3 fully saturated rings. The fraction of sp³-hybridized carbons (Fsp3) is 0.500. The summed E-state index contributed by atoms with van der Waals surface area (Å²) in [6.07, 6.45) is 12.3. The average Bonchev–Trinajstić information content (AvgIpc) is 3.19. The first-order valence-electron chi connectivity index (χ1n) is 11.5. The SMILES string of the molecule is N#Cc1cnc(N[C@@H]2CCC[C@H](c3cnc4ccccn34)C2)nc1NC1CC2(COC2)C1. The molecule has 6 rings (SSSR count). The average molecular weight is 430 g/mol. The highest BCUT2D eigenvalue weighted by atomic mass is 16.5. The van der Waals surface area contributed by atoms with E-state index in [0.717, 1.165) is 57.4 Å². The zero-order valence-corrected chi connectivity index (χ0v) is 18.0. The number of hydrogen-bond donors (Lipinski definition) is 2. The minimum Gasteiger partial charge on any atom is -0.380 e. The molecule has 0 aromatic carbocycles. The number of nitrogens with zero attached hydrogens (tertiary/aromatic N) is 5. The number of nitriles is 1. The number of pyridine rings is 1. The number of aromatic nitrogens is 4. The molecule has 3 aromatic heterocycles. The Balaban J connectivity index is 1.15. The molecule has 32 heavy (non-hydrogen) atoms. The molecular formula is C24H27N7O. The lowest BCUT2D eigenvalue weighted by molar-refractivity contribution is -0.159. The van der Waals surface area contributed by atoms with Crippen LogP contribution in [-0.2, 0) is 4.74 Å². The van der Waals surface area contributed by atoms with Crippen LogP contribution in [0.1, 0.15) is 55.7 Å². The Labute approximate surface area is 187 Å². The summed E-state index contributed by atoms with van der Waals surface area (Å²) < 4.78 is 7.57. The van der Waals surface area contributed by atoms with Crippen LogP contribution in [0.25, 0.3) is 5.65 Å². The van der Waals surface area contributed by atoms with E-state index in [1.165, 1.54) is 5.69 Å². The van der Waals surface area contributed by atoms with Crippen LogP contribution in [0.15, 0.2) is 36.8 Å². The van der Waals surface area contributed by atoms with E-state index in [9.17, 15) is 5.26 Å². The van der Waals surface area contributed by atoms with Crippen molar-refractivity contribution in [2.45, 2.75) is 56.5 Å². The molecule has 1 aliphatic heterocycles. The maximum atomic E-state index is 9.50. The van der Waals surface area contributed by atoms with Gasteiger partial charge in [-0.05, 0) is 44.2 Å². The Hall–Kier alpha value is -3.18. The summed E-state index contributed by atoms with van der Waals surface area (Å²) in [6, 6.07) is 8.99. The third kappa shape index (κ3) is 3.47. The van der Waals surface area contributed by atoms with Crippen LogP contribution in [0.4, 0.5) is 11.8 Å². The van der Waals surface area contributed by atoms with E-state index in [2.05, 4.69) is 48.3 Å². The molecule has 0 radical (unpaired) electrons. The van der Waals surface area contributed by atoms with E-state index in [1.54, 1.807) is 6.20 Å². The van der Waals surface area contributed by atoms with Gasteiger partial charge in [0.25, 0.3) is 0 Å². The third-order valence-electron chi connectivity index (χ3n) is 7.30. The maximum absolute atomic E-state index is 9.50. The molecule has 3 aliphatic rings. The fourth-order valence-electron chi connectivity index (χ4n) is 5.58. The molecule has 2 atom stereocenters. The number of rotatable bonds is 5. The molecule has 1 spiro atoms. The van der Waals surface area contributed by atoms with Gasteiger partial charge in [-0.25, -0.2) is 9.97 Å². The summed E-state index contributed by atoms with van der Waals surface area (Å²) >= 11 is 0. The molecule has 1 saturated heterocycles. The van der Waals surface area contributed by atoms with Crippen LogP contribution < -0.4 is 10.6 Å². The molecular weight excluding hydrogens is 402 g/mol. The summed E-state index contributed by atoms with van der Waals surface area (Å²) in [7, 11) is 0. The molecule has 4 heterocycles. The largest absolute Gasteiger partial charge is 0.380 e. The second-order valence-electron chi connectivity index (χ2n) is 9.63. The molecule has 0 amide bonds. The van der Waals surface area contributed by atoms with Crippen LogP contribution in [0, 0.1) is 16.7 Å². The Kier molecular flexibility index (Phi) is 4.72. The van der Waals surface area contributed by atoms with Crippen LogP contribution in [-0.4, -0.2) is 44.7 Å². The van der Waals surface area contributed by atoms with Crippen molar-refractivity contribution in [2.24, 2.45) is 5.41 Å². The number of ether oxygens (including phenoxy) is 1. The predicted molar refractivity (Wildman–Crippen MR) is 120 cm³/mol. The zero-order valence-electron chi connectivity index (χ0n) is 18.0. The normalized spacial score (nSPS) is 24.5. The Morgan fingerprint density at radius 2 is 2.00 bits per heavy atom. The highest BCUT2D eigenvalue weighted by molar-refractivity contribution is 5.54. The van der Waals surface area contributed by atoms with Crippen LogP contribution in [0.2, 0.25) is 0 Å². The van der Waals surface area contributed by atoms with Gasteiger partial charge >= 0.3 is 0 Å². The summed E-state index contributed by atoms with van der Waals surface area (Å²) in [4.78, 5) is 13.7. The Morgan fingerprint density at radius 3 is 2.81 bits per heavy atom. The molecule has 8 heteroatoms. The van der Waals surface area contributed by atoms with E-state index in [4.69, 9.17) is 4.74 Å². The molecule has 0 unspecified atom stereocenters. The quantitative estimate of drug-likeness (QED) is 0.637. The van der Waals surface area contributed by atoms with Crippen molar-refractivity contribution < 1.29 is 4.74 Å². The lowest BCUT2D eigenvalue weighted by Crippen LogP contribution is -2.56. The van der Waals surface area contributed by atoms with Crippen LogP contribution >= 0.6 is 0 Å². The van der Waals surface area contributed by atoms with Crippen LogP contribution in [0.5, 0.6) is 0 Å². The molecule has 0 bridgehead atoms.